The van der Waals surface area contributed by atoms with Crippen LogP contribution < -0.4 is 0 Å². The molecule has 5 heteroatoms. The number of imidazole rings is 1. The lowest BCUT2D eigenvalue weighted by molar-refractivity contribution is 0.925. The lowest BCUT2D eigenvalue weighted by Crippen LogP contribution is -1.93. The molecule has 118 valence electrons. The quantitative estimate of drug-likeness (QED) is 0.438. The second kappa shape index (κ2) is 5.93. The van der Waals surface area contributed by atoms with Crippen LogP contribution in [0.4, 0.5) is 0 Å². The van der Waals surface area contributed by atoms with Crippen molar-refractivity contribution < 1.29 is 0 Å². The second-order valence-corrected chi connectivity index (χ2v) is 6.29. The van der Waals surface area contributed by atoms with Gasteiger partial charge in [-0.15, -0.1) is 0 Å². The van der Waals surface area contributed by atoms with Crippen LogP contribution in [0.1, 0.15) is 0 Å². The van der Waals surface area contributed by atoms with E-state index in [2.05, 4.69) is 9.97 Å². The number of fused-ring (bicyclic) bond motifs is 1. The van der Waals surface area contributed by atoms with Gasteiger partial charge in [-0.3, -0.25) is 0 Å². The molecule has 0 saturated carbocycles. The van der Waals surface area contributed by atoms with Gasteiger partial charge in [0.25, 0.3) is 0 Å². The number of aryl methyl sites for hydroxylation is 1. The average molecular weight is 354 g/mol. The van der Waals surface area contributed by atoms with Gasteiger partial charge in [0.15, 0.2) is 0 Å². The Morgan fingerprint density at radius 1 is 0.958 bits per heavy atom. The zero-order chi connectivity index (χ0) is 16.7. The van der Waals surface area contributed by atoms with E-state index in [0.717, 1.165) is 33.4 Å². The molecule has 0 amide bonds. The molecule has 0 bridgehead atoms. The summed E-state index contributed by atoms with van der Waals surface area (Å²) in [5.74, 6) is 0.879. The van der Waals surface area contributed by atoms with Crippen LogP contribution >= 0.6 is 23.2 Å². The number of nitrogens with zero attached hydrogens (tertiary/aromatic N) is 3. The molecule has 4 aromatic rings. The zero-order valence-corrected chi connectivity index (χ0v) is 14.4. The summed E-state index contributed by atoms with van der Waals surface area (Å²) >= 11 is 13.1. The minimum absolute atomic E-state index is 0.406. The molecular formula is C19H13Cl2N3. The van der Waals surface area contributed by atoms with Crippen LogP contribution in [0.2, 0.25) is 10.2 Å². The molecule has 4 rings (SSSR count). The molecule has 0 atom stereocenters. The minimum Gasteiger partial charge on any atom is -0.334 e. The maximum absolute atomic E-state index is 6.70. The molecule has 0 aliphatic heterocycles. The Balaban J connectivity index is 1.98. The first kappa shape index (κ1) is 15.2. The molecule has 0 unspecified atom stereocenters. The molecule has 3 nitrogen and oxygen atoms in total. The van der Waals surface area contributed by atoms with Crippen LogP contribution in [0.5, 0.6) is 0 Å². The summed E-state index contributed by atoms with van der Waals surface area (Å²) in [4.78, 5) is 8.91. The topological polar surface area (TPSA) is 30.7 Å². The van der Waals surface area contributed by atoms with Crippen molar-refractivity contribution in [1.82, 2.24) is 14.5 Å². The van der Waals surface area contributed by atoms with Gasteiger partial charge in [-0.2, -0.15) is 0 Å². The third kappa shape index (κ3) is 2.46. The van der Waals surface area contributed by atoms with Gasteiger partial charge in [-0.05, 0) is 23.8 Å². The smallest absolute Gasteiger partial charge is 0.139 e. The Bertz CT molecular complexity index is 1040. The number of rotatable bonds is 2. The fourth-order valence-corrected chi connectivity index (χ4v) is 3.52. The Labute approximate surface area is 149 Å². The summed E-state index contributed by atoms with van der Waals surface area (Å²) in [6.45, 7) is 0. The highest BCUT2D eigenvalue weighted by Crippen LogP contribution is 2.39. The van der Waals surface area contributed by atoms with Crippen LogP contribution in [0.15, 0.2) is 60.9 Å². The highest BCUT2D eigenvalue weighted by molar-refractivity contribution is 6.42. The SMILES string of the molecule is Cn1ccnc1-c1ccc2nc(Cl)c(-c3ccccc3)c(Cl)c2c1. The van der Waals surface area contributed by atoms with Gasteiger partial charge in [-0.25, -0.2) is 9.97 Å². The van der Waals surface area contributed by atoms with Crippen molar-refractivity contribution in [3.8, 4) is 22.5 Å². The van der Waals surface area contributed by atoms with Crippen molar-refractivity contribution >= 4 is 34.1 Å². The molecule has 0 aliphatic rings. The van der Waals surface area contributed by atoms with Crippen molar-refractivity contribution in [3.63, 3.8) is 0 Å². The molecule has 2 aromatic carbocycles. The average Bonchev–Trinajstić information content (AvgIpc) is 3.02. The Kier molecular flexibility index (Phi) is 3.75. The van der Waals surface area contributed by atoms with E-state index in [4.69, 9.17) is 23.2 Å². The fraction of sp³-hybridized carbons (Fsp3) is 0.0526. The summed E-state index contributed by atoms with van der Waals surface area (Å²) in [6, 6.07) is 15.7. The van der Waals surface area contributed by atoms with E-state index in [1.54, 1.807) is 6.20 Å². The molecule has 24 heavy (non-hydrogen) atoms. The van der Waals surface area contributed by atoms with Gasteiger partial charge < -0.3 is 4.57 Å². The number of hydrogen-bond acceptors (Lipinski definition) is 2. The monoisotopic (exact) mass is 353 g/mol. The highest BCUT2D eigenvalue weighted by Gasteiger charge is 2.15. The summed E-state index contributed by atoms with van der Waals surface area (Å²) in [5, 5.41) is 1.87. The van der Waals surface area contributed by atoms with Crippen molar-refractivity contribution in [1.29, 1.82) is 0 Å². The summed E-state index contributed by atoms with van der Waals surface area (Å²) in [5.41, 5.74) is 3.45. The van der Waals surface area contributed by atoms with Gasteiger partial charge in [-0.1, -0.05) is 53.5 Å². The third-order valence-electron chi connectivity index (χ3n) is 4.02. The molecule has 0 spiro atoms. The number of aromatic nitrogens is 3. The van der Waals surface area contributed by atoms with Gasteiger partial charge in [0, 0.05) is 36.0 Å². The predicted octanol–water partition coefficient (Wildman–Crippen LogP) is 5.61. The van der Waals surface area contributed by atoms with Gasteiger partial charge in [0.05, 0.1) is 10.5 Å². The zero-order valence-electron chi connectivity index (χ0n) is 12.9. The first-order valence-electron chi connectivity index (χ1n) is 7.47. The number of pyridine rings is 1. The third-order valence-corrected chi connectivity index (χ3v) is 4.69. The number of hydrogen-bond donors (Lipinski definition) is 0. The van der Waals surface area contributed by atoms with E-state index in [1.165, 1.54) is 0 Å². The molecular weight excluding hydrogens is 341 g/mol. The Morgan fingerprint density at radius 3 is 2.46 bits per heavy atom. The van der Waals surface area contributed by atoms with Crippen molar-refractivity contribution in [3.05, 3.63) is 71.1 Å². The first-order valence-corrected chi connectivity index (χ1v) is 8.22. The Morgan fingerprint density at radius 2 is 1.75 bits per heavy atom. The normalized spacial score (nSPS) is 11.1. The molecule has 0 fully saturated rings. The lowest BCUT2D eigenvalue weighted by Gasteiger charge is -2.11. The van der Waals surface area contributed by atoms with E-state index in [0.29, 0.717) is 10.2 Å². The predicted molar refractivity (Wildman–Crippen MR) is 99.4 cm³/mol. The number of halogens is 2. The summed E-state index contributed by atoms with van der Waals surface area (Å²) in [6.07, 6.45) is 3.69. The largest absolute Gasteiger partial charge is 0.334 e. The van der Waals surface area contributed by atoms with Gasteiger partial charge in [0.1, 0.15) is 11.0 Å². The van der Waals surface area contributed by atoms with E-state index in [-0.39, 0.29) is 0 Å². The molecule has 0 radical (unpaired) electrons. The van der Waals surface area contributed by atoms with Crippen LogP contribution in [0, 0.1) is 0 Å². The molecule has 0 saturated heterocycles. The second-order valence-electron chi connectivity index (χ2n) is 5.55. The molecule has 2 heterocycles. The fourth-order valence-electron chi connectivity index (χ4n) is 2.83. The Hall–Kier alpha value is -2.36. The standard InChI is InChI=1S/C19H13Cl2N3/c1-24-10-9-22-19(24)13-7-8-15-14(11-13)17(20)16(18(21)23-15)12-5-3-2-4-6-12/h2-11H,1H3. The molecule has 0 N–H and O–H groups in total. The van der Waals surface area contributed by atoms with Crippen LogP contribution in [0.25, 0.3) is 33.4 Å². The first-order chi connectivity index (χ1) is 11.6. The van der Waals surface area contributed by atoms with Crippen LogP contribution in [-0.4, -0.2) is 14.5 Å². The highest BCUT2D eigenvalue weighted by atomic mass is 35.5. The van der Waals surface area contributed by atoms with E-state index in [9.17, 15) is 0 Å². The van der Waals surface area contributed by atoms with Crippen LogP contribution in [-0.2, 0) is 7.05 Å². The van der Waals surface area contributed by atoms with Crippen molar-refractivity contribution in [2.75, 3.05) is 0 Å². The van der Waals surface area contributed by atoms with E-state index < -0.39 is 0 Å². The lowest BCUT2D eigenvalue weighted by atomic mass is 10.0. The summed E-state index contributed by atoms with van der Waals surface area (Å²) < 4.78 is 1.97. The minimum atomic E-state index is 0.406. The maximum atomic E-state index is 6.70. The van der Waals surface area contributed by atoms with Crippen molar-refractivity contribution in [2.45, 2.75) is 0 Å². The van der Waals surface area contributed by atoms with Crippen molar-refractivity contribution in [2.24, 2.45) is 7.05 Å². The number of benzene rings is 2. The van der Waals surface area contributed by atoms with E-state index in [1.807, 2.05) is 66.3 Å². The molecule has 2 aromatic heterocycles. The summed E-state index contributed by atoms with van der Waals surface area (Å²) in [7, 11) is 1.96. The molecule has 0 aliphatic carbocycles. The van der Waals surface area contributed by atoms with Gasteiger partial charge >= 0.3 is 0 Å². The van der Waals surface area contributed by atoms with Gasteiger partial charge in [0.2, 0.25) is 0 Å². The van der Waals surface area contributed by atoms with E-state index >= 15 is 0 Å². The maximum Gasteiger partial charge on any atom is 0.139 e. The van der Waals surface area contributed by atoms with Crippen LogP contribution in [0.3, 0.4) is 0 Å².